The van der Waals surface area contributed by atoms with Crippen molar-refractivity contribution in [1.29, 1.82) is 0 Å². The van der Waals surface area contributed by atoms with Crippen molar-refractivity contribution < 1.29 is 19.1 Å². The van der Waals surface area contributed by atoms with Crippen LogP contribution in [0.25, 0.3) is 0 Å². The van der Waals surface area contributed by atoms with Crippen LogP contribution >= 0.6 is 0 Å². The standard InChI is InChI=1S/C14H15NO4/c16-11(8-10-4-2-1-3-5-10)9-13(17)15-12-6-7-19-14(12)18/h1-5,12H,6-9H2,(H,15,17)/t12-/m0/s1. The number of benzene rings is 1. The van der Waals surface area contributed by atoms with Gasteiger partial charge in [0.05, 0.1) is 13.0 Å². The Bertz CT molecular complexity index is 483. The maximum absolute atomic E-state index is 11.7. The van der Waals surface area contributed by atoms with Gasteiger partial charge in [-0.25, -0.2) is 4.79 Å². The van der Waals surface area contributed by atoms with Gasteiger partial charge in [0.1, 0.15) is 11.8 Å². The van der Waals surface area contributed by atoms with Gasteiger partial charge in [0.2, 0.25) is 5.91 Å². The number of ketones is 1. The van der Waals surface area contributed by atoms with Gasteiger partial charge in [-0.1, -0.05) is 30.3 Å². The molecular weight excluding hydrogens is 246 g/mol. The molecule has 1 fully saturated rings. The van der Waals surface area contributed by atoms with Crippen LogP contribution in [-0.2, 0) is 25.5 Å². The van der Waals surface area contributed by atoms with E-state index in [0.717, 1.165) is 5.56 Å². The smallest absolute Gasteiger partial charge is 0.328 e. The number of esters is 1. The SMILES string of the molecule is O=C(CC(=O)N[C@H]1CCOC1=O)Cc1ccccc1. The van der Waals surface area contributed by atoms with E-state index >= 15 is 0 Å². The van der Waals surface area contributed by atoms with E-state index in [-0.39, 0.29) is 18.6 Å². The fourth-order valence-corrected chi connectivity index (χ4v) is 1.94. The third-order valence-corrected chi connectivity index (χ3v) is 2.87. The first-order valence-corrected chi connectivity index (χ1v) is 6.17. The number of hydrogen-bond donors (Lipinski definition) is 1. The number of ether oxygens (including phenoxy) is 1. The topological polar surface area (TPSA) is 72.5 Å². The van der Waals surface area contributed by atoms with Gasteiger partial charge in [-0.05, 0) is 5.56 Å². The van der Waals surface area contributed by atoms with E-state index in [0.29, 0.717) is 13.0 Å². The van der Waals surface area contributed by atoms with Crippen LogP contribution < -0.4 is 5.32 Å². The number of nitrogens with one attached hydrogen (secondary N) is 1. The van der Waals surface area contributed by atoms with Crippen LogP contribution in [0.1, 0.15) is 18.4 Å². The highest BCUT2D eigenvalue weighted by molar-refractivity contribution is 6.00. The van der Waals surface area contributed by atoms with Crippen LogP contribution in [0.15, 0.2) is 30.3 Å². The van der Waals surface area contributed by atoms with Crippen molar-refractivity contribution in [1.82, 2.24) is 5.32 Å². The molecule has 1 N–H and O–H groups in total. The van der Waals surface area contributed by atoms with E-state index in [1.165, 1.54) is 0 Å². The molecule has 1 aliphatic rings. The molecule has 0 unspecified atom stereocenters. The normalized spacial score (nSPS) is 17.9. The van der Waals surface area contributed by atoms with E-state index in [1.54, 1.807) is 0 Å². The van der Waals surface area contributed by atoms with E-state index in [4.69, 9.17) is 4.74 Å². The average Bonchev–Trinajstić information content (AvgIpc) is 2.76. The van der Waals surface area contributed by atoms with Crippen LogP contribution in [-0.4, -0.2) is 30.3 Å². The summed E-state index contributed by atoms with van der Waals surface area (Å²) in [5.41, 5.74) is 0.876. The Morgan fingerprint density at radius 3 is 2.63 bits per heavy atom. The van der Waals surface area contributed by atoms with Crippen LogP contribution in [0.2, 0.25) is 0 Å². The molecule has 1 aliphatic heterocycles. The van der Waals surface area contributed by atoms with Gasteiger partial charge in [-0.2, -0.15) is 0 Å². The number of amides is 1. The molecule has 5 heteroatoms. The van der Waals surface area contributed by atoms with Gasteiger partial charge in [0.25, 0.3) is 0 Å². The minimum absolute atomic E-state index is 0.171. The highest BCUT2D eigenvalue weighted by Gasteiger charge is 2.28. The Balaban J connectivity index is 1.79. The monoisotopic (exact) mass is 261 g/mol. The molecule has 0 aliphatic carbocycles. The molecule has 5 nitrogen and oxygen atoms in total. The van der Waals surface area contributed by atoms with Crippen LogP contribution in [0, 0.1) is 0 Å². The highest BCUT2D eigenvalue weighted by Crippen LogP contribution is 2.06. The molecule has 0 aromatic heterocycles. The highest BCUT2D eigenvalue weighted by atomic mass is 16.5. The van der Waals surface area contributed by atoms with Crippen molar-refractivity contribution in [2.24, 2.45) is 0 Å². The second-order valence-corrected chi connectivity index (χ2v) is 4.45. The fraction of sp³-hybridized carbons (Fsp3) is 0.357. The van der Waals surface area contributed by atoms with E-state index in [1.807, 2.05) is 30.3 Å². The minimum atomic E-state index is -0.600. The van der Waals surface area contributed by atoms with Gasteiger partial charge >= 0.3 is 5.97 Å². The van der Waals surface area contributed by atoms with Crippen molar-refractivity contribution in [2.45, 2.75) is 25.3 Å². The van der Waals surface area contributed by atoms with Crippen LogP contribution in [0.5, 0.6) is 0 Å². The van der Waals surface area contributed by atoms with E-state index < -0.39 is 17.9 Å². The number of carbonyl (C=O) groups excluding carboxylic acids is 3. The lowest BCUT2D eigenvalue weighted by atomic mass is 10.1. The largest absolute Gasteiger partial charge is 0.464 e. The summed E-state index contributed by atoms with van der Waals surface area (Å²) in [7, 11) is 0. The Morgan fingerprint density at radius 2 is 2.00 bits per heavy atom. The maximum atomic E-state index is 11.7. The summed E-state index contributed by atoms with van der Waals surface area (Å²) < 4.78 is 4.73. The first-order chi connectivity index (χ1) is 9.15. The number of cyclic esters (lactones) is 1. The Hall–Kier alpha value is -2.17. The van der Waals surface area contributed by atoms with E-state index in [2.05, 4.69) is 5.32 Å². The molecule has 1 saturated heterocycles. The molecule has 0 spiro atoms. The number of hydrogen-bond acceptors (Lipinski definition) is 4. The fourth-order valence-electron chi connectivity index (χ4n) is 1.94. The Labute approximate surface area is 110 Å². The second kappa shape index (κ2) is 6.13. The van der Waals surface area contributed by atoms with Crippen molar-refractivity contribution >= 4 is 17.7 Å². The molecule has 2 rings (SSSR count). The first-order valence-electron chi connectivity index (χ1n) is 6.17. The summed E-state index contributed by atoms with van der Waals surface area (Å²) in [6, 6.07) is 8.63. The molecule has 19 heavy (non-hydrogen) atoms. The number of rotatable bonds is 5. The van der Waals surface area contributed by atoms with Gasteiger partial charge in [0.15, 0.2) is 0 Å². The Kier molecular flexibility index (Phi) is 4.28. The molecule has 0 radical (unpaired) electrons. The lowest BCUT2D eigenvalue weighted by Gasteiger charge is -2.08. The lowest BCUT2D eigenvalue weighted by Crippen LogP contribution is -2.38. The molecule has 1 aromatic carbocycles. The lowest BCUT2D eigenvalue weighted by molar-refractivity contribution is -0.141. The zero-order valence-corrected chi connectivity index (χ0v) is 10.4. The average molecular weight is 261 g/mol. The molecule has 1 heterocycles. The molecule has 1 atom stereocenters. The second-order valence-electron chi connectivity index (χ2n) is 4.45. The molecule has 100 valence electrons. The minimum Gasteiger partial charge on any atom is -0.464 e. The molecular formula is C14H15NO4. The Morgan fingerprint density at radius 1 is 1.26 bits per heavy atom. The summed E-state index contributed by atoms with van der Waals surface area (Å²) in [5.74, 6) is -1.02. The molecule has 0 bridgehead atoms. The zero-order chi connectivity index (χ0) is 13.7. The summed E-state index contributed by atoms with van der Waals surface area (Å²) in [6.07, 6.45) is 0.486. The summed E-state index contributed by atoms with van der Waals surface area (Å²) in [4.78, 5) is 34.5. The summed E-state index contributed by atoms with van der Waals surface area (Å²) in [6.45, 7) is 0.321. The zero-order valence-electron chi connectivity index (χ0n) is 10.4. The van der Waals surface area contributed by atoms with Crippen molar-refractivity contribution in [3.8, 4) is 0 Å². The van der Waals surface area contributed by atoms with Crippen molar-refractivity contribution in [3.05, 3.63) is 35.9 Å². The third kappa shape index (κ3) is 3.91. The third-order valence-electron chi connectivity index (χ3n) is 2.87. The first kappa shape index (κ1) is 13.3. The van der Waals surface area contributed by atoms with Gasteiger partial charge in [-0.15, -0.1) is 0 Å². The van der Waals surface area contributed by atoms with Crippen molar-refractivity contribution in [2.75, 3.05) is 6.61 Å². The van der Waals surface area contributed by atoms with Crippen LogP contribution in [0.3, 0.4) is 0 Å². The number of carbonyl (C=O) groups is 3. The maximum Gasteiger partial charge on any atom is 0.328 e. The predicted molar refractivity (Wildman–Crippen MR) is 67.3 cm³/mol. The molecule has 1 aromatic rings. The molecule has 0 saturated carbocycles. The van der Waals surface area contributed by atoms with Crippen LogP contribution in [0.4, 0.5) is 0 Å². The van der Waals surface area contributed by atoms with Crippen molar-refractivity contribution in [3.63, 3.8) is 0 Å². The van der Waals surface area contributed by atoms with E-state index in [9.17, 15) is 14.4 Å². The van der Waals surface area contributed by atoms with Gasteiger partial charge < -0.3 is 10.1 Å². The number of Topliss-reactive ketones (excluding diaryl/α,β-unsaturated/α-hetero) is 1. The van der Waals surface area contributed by atoms with Gasteiger partial charge in [-0.3, -0.25) is 9.59 Å². The summed E-state index contributed by atoms with van der Waals surface area (Å²) >= 11 is 0. The predicted octanol–water partition coefficient (Wildman–Crippen LogP) is 0.620. The quantitative estimate of drug-likeness (QED) is 0.623. The molecule has 1 amide bonds. The van der Waals surface area contributed by atoms with Gasteiger partial charge in [0, 0.05) is 12.8 Å². The summed E-state index contributed by atoms with van der Waals surface area (Å²) in [5, 5.41) is 2.51.